The van der Waals surface area contributed by atoms with E-state index < -0.39 is 5.82 Å². The molecular weight excluding hydrogens is 421 g/mol. The molecule has 0 aliphatic rings. The molecule has 0 radical (unpaired) electrons. The highest BCUT2D eigenvalue weighted by atomic mass is 19.1. The maximum absolute atomic E-state index is 13.9. The molecule has 5 heterocycles. The molecule has 3 N–H and O–H groups in total. The minimum atomic E-state index is -0.513. The monoisotopic (exact) mass is 439 g/mol. The highest BCUT2D eigenvalue weighted by Gasteiger charge is 2.16. The lowest BCUT2D eigenvalue weighted by Crippen LogP contribution is -1.94. The molecular formula is C24H18FN7O. The Morgan fingerprint density at radius 1 is 0.939 bits per heavy atom. The number of phenols is 1. The number of aromatic nitrogens is 7. The van der Waals surface area contributed by atoms with Gasteiger partial charge in [-0.1, -0.05) is 0 Å². The number of rotatable bonds is 3. The van der Waals surface area contributed by atoms with Gasteiger partial charge in [-0.3, -0.25) is 10.1 Å². The summed E-state index contributed by atoms with van der Waals surface area (Å²) in [6.07, 6.45) is 6.98. The number of imidazole rings is 1. The number of benzene rings is 1. The van der Waals surface area contributed by atoms with Crippen LogP contribution in [0.15, 0.2) is 55.1 Å². The van der Waals surface area contributed by atoms with Crippen LogP contribution in [0.4, 0.5) is 4.39 Å². The first-order valence-corrected chi connectivity index (χ1v) is 10.3. The first kappa shape index (κ1) is 19.2. The van der Waals surface area contributed by atoms with Crippen molar-refractivity contribution in [2.24, 2.45) is 7.05 Å². The molecule has 0 unspecified atom stereocenters. The van der Waals surface area contributed by atoms with Gasteiger partial charge in [0, 0.05) is 47.4 Å². The van der Waals surface area contributed by atoms with Gasteiger partial charge >= 0.3 is 0 Å². The van der Waals surface area contributed by atoms with Crippen molar-refractivity contribution < 1.29 is 9.50 Å². The van der Waals surface area contributed by atoms with Crippen LogP contribution in [0.1, 0.15) is 5.82 Å². The summed E-state index contributed by atoms with van der Waals surface area (Å²) in [5.41, 5.74) is 6.09. The van der Waals surface area contributed by atoms with Crippen LogP contribution in [-0.2, 0) is 7.05 Å². The number of aryl methyl sites for hydroxylation is 1. The number of phenolic OH excluding ortho intramolecular Hbond substituents is 1. The van der Waals surface area contributed by atoms with Gasteiger partial charge in [-0.25, -0.2) is 14.4 Å². The van der Waals surface area contributed by atoms with Crippen molar-refractivity contribution in [2.45, 2.75) is 6.92 Å². The topological polar surface area (TPSA) is 108 Å². The molecule has 5 aromatic heterocycles. The lowest BCUT2D eigenvalue weighted by Gasteiger charge is -2.04. The largest absolute Gasteiger partial charge is 0.508 e. The van der Waals surface area contributed by atoms with Crippen LogP contribution in [0, 0.1) is 12.7 Å². The summed E-state index contributed by atoms with van der Waals surface area (Å²) in [7, 11) is 1.97. The van der Waals surface area contributed by atoms with Gasteiger partial charge in [-0.2, -0.15) is 5.10 Å². The molecule has 0 aliphatic carbocycles. The van der Waals surface area contributed by atoms with E-state index in [1.54, 1.807) is 18.6 Å². The number of aromatic hydroxyl groups is 1. The Bertz CT molecular complexity index is 1660. The lowest BCUT2D eigenvalue weighted by molar-refractivity contribution is 0.469. The number of aromatic amines is 2. The first-order valence-electron chi connectivity index (χ1n) is 10.3. The number of halogens is 1. The van der Waals surface area contributed by atoms with Gasteiger partial charge in [-0.05, 0) is 36.8 Å². The molecule has 0 atom stereocenters. The zero-order valence-electron chi connectivity index (χ0n) is 17.8. The number of fused-ring (bicyclic) bond motifs is 2. The predicted molar refractivity (Wildman–Crippen MR) is 123 cm³/mol. The van der Waals surface area contributed by atoms with Gasteiger partial charge in [0.25, 0.3) is 0 Å². The van der Waals surface area contributed by atoms with E-state index in [4.69, 9.17) is 0 Å². The Balaban J connectivity index is 1.52. The maximum atomic E-state index is 13.9. The summed E-state index contributed by atoms with van der Waals surface area (Å²) in [6, 6.07) is 7.96. The third-order valence-electron chi connectivity index (χ3n) is 5.93. The molecule has 6 aromatic rings. The molecule has 0 aliphatic heterocycles. The number of hydrogen-bond acceptors (Lipinski definition) is 5. The molecule has 0 saturated heterocycles. The summed E-state index contributed by atoms with van der Waals surface area (Å²) < 4.78 is 15.9. The predicted octanol–water partition coefficient (Wildman–Crippen LogP) is 4.72. The van der Waals surface area contributed by atoms with E-state index in [0.717, 1.165) is 50.8 Å². The standard InChI is InChI=1S/C24H18FN7O/c1-12-27-11-22(32(12)2)14-5-18-23(30-31-24(18)28-8-14)20-7-17-19(9-26-10-21(17)29-20)13-3-15(25)6-16(33)4-13/h3-11,29,33H,1-2H3,(H,28,30,31). The second-order valence-corrected chi connectivity index (χ2v) is 7.97. The normalized spacial score (nSPS) is 11.6. The van der Waals surface area contributed by atoms with Gasteiger partial charge in [0.15, 0.2) is 5.65 Å². The van der Waals surface area contributed by atoms with Crippen molar-refractivity contribution in [3.63, 3.8) is 0 Å². The Hall–Kier alpha value is -4.53. The lowest BCUT2D eigenvalue weighted by atomic mass is 10.0. The molecule has 33 heavy (non-hydrogen) atoms. The summed E-state index contributed by atoms with van der Waals surface area (Å²) in [6.45, 7) is 1.95. The van der Waals surface area contributed by atoms with Gasteiger partial charge < -0.3 is 14.7 Å². The fourth-order valence-corrected chi connectivity index (χ4v) is 4.16. The van der Waals surface area contributed by atoms with Crippen LogP contribution in [0.25, 0.3) is 55.7 Å². The summed E-state index contributed by atoms with van der Waals surface area (Å²) in [5.74, 6) is 0.263. The first-order chi connectivity index (χ1) is 16.0. The van der Waals surface area contributed by atoms with Gasteiger partial charge in [0.05, 0.1) is 35.0 Å². The number of nitrogens with zero attached hydrogens (tertiary/aromatic N) is 5. The van der Waals surface area contributed by atoms with Gasteiger partial charge in [0.2, 0.25) is 0 Å². The van der Waals surface area contributed by atoms with E-state index in [1.165, 1.54) is 12.1 Å². The van der Waals surface area contributed by atoms with Crippen LogP contribution in [-0.4, -0.2) is 39.8 Å². The second kappa shape index (κ2) is 6.99. The van der Waals surface area contributed by atoms with Gasteiger partial charge in [0.1, 0.15) is 17.4 Å². The molecule has 0 fully saturated rings. The van der Waals surface area contributed by atoms with Crippen molar-refractivity contribution in [1.82, 2.24) is 34.7 Å². The van der Waals surface area contributed by atoms with Crippen molar-refractivity contribution >= 4 is 21.9 Å². The van der Waals surface area contributed by atoms with E-state index in [0.29, 0.717) is 16.8 Å². The number of nitrogens with one attached hydrogen (secondary N) is 2. The summed E-state index contributed by atoms with van der Waals surface area (Å²) in [5, 5.41) is 19.0. The number of pyridine rings is 2. The summed E-state index contributed by atoms with van der Waals surface area (Å²) in [4.78, 5) is 16.5. The molecule has 9 heteroatoms. The molecule has 0 bridgehead atoms. The highest BCUT2D eigenvalue weighted by Crippen LogP contribution is 2.35. The number of H-pyrrole nitrogens is 2. The fraction of sp³-hybridized carbons (Fsp3) is 0.0833. The molecule has 1 aromatic carbocycles. The van der Waals surface area contributed by atoms with Crippen LogP contribution < -0.4 is 0 Å². The van der Waals surface area contributed by atoms with Crippen LogP contribution >= 0.6 is 0 Å². The zero-order chi connectivity index (χ0) is 22.7. The molecule has 0 spiro atoms. The Labute approximate surface area is 186 Å². The maximum Gasteiger partial charge on any atom is 0.181 e. The average molecular weight is 439 g/mol. The minimum absolute atomic E-state index is 0.138. The minimum Gasteiger partial charge on any atom is -0.508 e. The van der Waals surface area contributed by atoms with E-state index >= 15 is 0 Å². The quantitative estimate of drug-likeness (QED) is 0.370. The Morgan fingerprint density at radius 3 is 2.61 bits per heavy atom. The Morgan fingerprint density at radius 2 is 1.82 bits per heavy atom. The Kier molecular flexibility index (Phi) is 4.06. The van der Waals surface area contributed by atoms with Gasteiger partial charge in [-0.15, -0.1) is 0 Å². The van der Waals surface area contributed by atoms with Crippen LogP contribution in [0.5, 0.6) is 5.75 Å². The molecule has 162 valence electrons. The molecule has 0 saturated carbocycles. The SMILES string of the molecule is Cc1ncc(-c2cnc3n[nH]c(-c4cc5c(-c6cc(O)cc(F)c6)cncc5[nH]4)c3c2)n1C. The third-order valence-corrected chi connectivity index (χ3v) is 5.93. The average Bonchev–Trinajstić information content (AvgIpc) is 3.49. The summed E-state index contributed by atoms with van der Waals surface area (Å²) >= 11 is 0. The third kappa shape index (κ3) is 3.05. The van der Waals surface area contributed by atoms with Crippen LogP contribution in [0.3, 0.4) is 0 Å². The molecule has 0 amide bonds. The van der Waals surface area contributed by atoms with Crippen molar-refractivity contribution in [3.8, 4) is 39.5 Å². The number of hydrogen-bond donors (Lipinski definition) is 3. The highest BCUT2D eigenvalue weighted by molar-refractivity contribution is 6.00. The molecule has 8 nitrogen and oxygen atoms in total. The van der Waals surface area contributed by atoms with Crippen molar-refractivity contribution in [1.29, 1.82) is 0 Å². The van der Waals surface area contributed by atoms with E-state index in [1.807, 2.05) is 36.9 Å². The van der Waals surface area contributed by atoms with Crippen molar-refractivity contribution in [3.05, 3.63) is 66.8 Å². The van der Waals surface area contributed by atoms with E-state index in [9.17, 15) is 9.50 Å². The fourth-order valence-electron chi connectivity index (χ4n) is 4.16. The molecule has 6 rings (SSSR count). The smallest absolute Gasteiger partial charge is 0.181 e. The van der Waals surface area contributed by atoms with Crippen molar-refractivity contribution in [2.75, 3.05) is 0 Å². The zero-order valence-corrected chi connectivity index (χ0v) is 17.8. The van der Waals surface area contributed by atoms with Crippen LogP contribution in [0.2, 0.25) is 0 Å². The van der Waals surface area contributed by atoms with E-state index in [2.05, 4.69) is 30.1 Å². The second-order valence-electron chi connectivity index (χ2n) is 7.97. The van der Waals surface area contributed by atoms with E-state index in [-0.39, 0.29) is 5.75 Å².